The fraction of sp³-hybridized carbons (Fsp3) is 0.167. The summed E-state index contributed by atoms with van der Waals surface area (Å²) in [7, 11) is 1.25. The quantitative estimate of drug-likeness (QED) is 0.475. The van der Waals surface area contributed by atoms with Gasteiger partial charge in [-0.25, -0.2) is 9.78 Å². The van der Waals surface area contributed by atoms with Crippen molar-refractivity contribution in [3.8, 4) is 5.88 Å². The molecule has 0 atom stereocenters. The summed E-state index contributed by atoms with van der Waals surface area (Å²) in [5.74, 6) is 4.29. The maximum absolute atomic E-state index is 10.9. The second-order valence-corrected chi connectivity index (χ2v) is 1.85. The Hall–Kier alpha value is -1.69. The van der Waals surface area contributed by atoms with Crippen LogP contribution in [-0.4, -0.2) is 23.0 Å². The summed E-state index contributed by atoms with van der Waals surface area (Å²) in [5, 5.41) is 0. The molecule has 0 spiro atoms. The lowest BCUT2D eigenvalue weighted by molar-refractivity contribution is 0.0592. The SMILES string of the molecule is COC(=O)c1cncc(ON)n1. The lowest BCUT2D eigenvalue weighted by atomic mass is 10.4. The minimum absolute atomic E-state index is 0.0560. The third-order valence-corrected chi connectivity index (χ3v) is 1.13. The summed E-state index contributed by atoms with van der Waals surface area (Å²) in [5.41, 5.74) is 0.0560. The zero-order valence-corrected chi connectivity index (χ0v) is 6.35. The Labute approximate surface area is 68.3 Å². The highest BCUT2D eigenvalue weighted by Crippen LogP contribution is 2.03. The van der Waals surface area contributed by atoms with Crippen molar-refractivity contribution >= 4 is 5.97 Å². The topological polar surface area (TPSA) is 87.3 Å². The van der Waals surface area contributed by atoms with Gasteiger partial charge in [0, 0.05) is 0 Å². The van der Waals surface area contributed by atoms with Crippen molar-refractivity contribution in [2.45, 2.75) is 0 Å². The van der Waals surface area contributed by atoms with E-state index in [1.807, 2.05) is 0 Å². The molecule has 0 aliphatic rings. The maximum atomic E-state index is 10.9. The number of carbonyl (C=O) groups excluding carboxylic acids is 1. The Bertz CT molecular complexity index is 289. The van der Waals surface area contributed by atoms with E-state index < -0.39 is 5.97 Å². The van der Waals surface area contributed by atoms with Gasteiger partial charge in [-0.15, -0.1) is 0 Å². The minimum atomic E-state index is -0.582. The van der Waals surface area contributed by atoms with Crippen LogP contribution in [0.3, 0.4) is 0 Å². The van der Waals surface area contributed by atoms with E-state index >= 15 is 0 Å². The molecule has 64 valence electrons. The zero-order chi connectivity index (χ0) is 8.97. The number of esters is 1. The fourth-order valence-corrected chi connectivity index (χ4v) is 0.608. The molecule has 0 fully saturated rings. The molecule has 0 aliphatic carbocycles. The van der Waals surface area contributed by atoms with Gasteiger partial charge in [0.15, 0.2) is 5.69 Å². The predicted molar refractivity (Wildman–Crippen MR) is 38.2 cm³/mol. The van der Waals surface area contributed by atoms with Gasteiger partial charge in [-0.2, -0.15) is 5.90 Å². The Morgan fingerprint density at radius 1 is 1.58 bits per heavy atom. The summed E-state index contributed by atoms with van der Waals surface area (Å²) in [6, 6.07) is 0. The molecule has 0 aromatic carbocycles. The number of ether oxygens (including phenoxy) is 1. The normalized spacial score (nSPS) is 9.17. The van der Waals surface area contributed by atoms with E-state index in [0.717, 1.165) is 0 Å². The van der Waals surface area contributed by atoms with Crippen LogP contribution in [0.5, 0.6) is 5.88 Å². The minimum Gasteiger partial charge on any atom is -0.464 e. The van der Waals surface area contributed by atoms with E-state index in [0.29, 0.717) is 0 Å². The number of hydrogen-bond donors (Lipinski definition) is 1. The number of methoxy groups -OCH3 is 1. The molecule has 0 amide bonds. The van der Waals surface area contributed by atoms with E-state index in [1.54, 1.807) is 0 Å². The molecular weight excluding hydrogens is 162 g/mol. The molecule has 1 rings (SSSR count). The molecule has 6 nitrogen and oxygen atoms in total. The van der Waals surface area contributed by atoms with Crippen LogP contribution in [0.25, 0.3) is 0 Å². The van der Waals surface area contributed by atoms with Crippen molar-refractivity contribution in [1.82, 2.24) is 9.97 Å². The highest BCUT2D eigenvalue weighted by atomic mass is 16.6. The lowest BCUT2D eigenvalue weighted by Gasteiger charge is -1.98. The van der Waals surface area contributed by atoms with Crippen molar-refractivity contribution < 1.29 is 14.4 Å². The van der Waals surface area contributed by atoms with Gasteiger partial charge in [-0.05, 0) is 0 Å². The van der Waals surface area contributed by atoms with Gasteiger partial charge in [0.05, 0.1) is 19.5 Å². The largest absolute Gasteiger partial charge is 0.464 e. The van der Waals surface area contributed by atoms with E-state index in [1.165, 1.54) is 19.5 Å². The Morgan fingerprint density at radius 3 is 2.92 bits per heavy atom. The standard InChI is InChI=1S/C6H7N3O3/c1-11-6(10)4-2-8-3-5(9-4)12-7/h2-3H,7H2,1H3. The summed E-state index contributed by atoms with van der Waals surface area (Å²) in [6.07, 6.45) is 2.54. The van der Waals surface area contributed by atoms with Gasteiger partial charge < -0.3 is 9.57 Å². The summed E-state index contributed by atoms with van der Waals surface area (Å²) in [6.45, 7) is 0. The first kappa shape index (κ1) is 8.41. The summed E-state index contributed by atoms with van der Waals surface area (Å²) >= 11 is 0. The number of nitrogens with two attached hydrogens (primary N) is 1. The molecule has 0 bridgehead atoms. The number of carbonyl (C=O) groups is 1. The first-order valence-electron chi connectivity index (χ1n) is 3.05. The fourth-order valence-electron chi connectivity index (χ4n) is 0.608. The molecule has 0 saturated carbocycles. The first-order valence-corrected chi connectivity index (χ1v) is 3.05. The van der Waals surface area contributed by atoms with Crippen molar-refractivity contribution in [3.63, 3.8) is 0 Å². The third-order valence-electron chi connectivity index (χ3n) is 1.13. The molecule has 0 aliphatic heterocycles. The molecule has 6 heteroatoms. The maximum Gasteiger partial charge on any atom is 0.358 e. The van der Waals surface area contributed by atoms with Gasteiger partial charge in [-0.3, -0.25) is 4.98 Å². The highest BCUT2D eigenvalue weighted by Gasteiger charge is 2.08. The van der Waals surface area contributed by atoms with Crippen molar-refractivity contribution in [2.75, 3.05) is 7.11 Å². The van der Waals surface area contributed by atoms with Gasteiger partial charge in [0.25, 0.3) is 5.88 Å². The second-order valence-electron chi connectivity index (χ2n) is 1.85. The number of nitrogens with zero attached hydrogens (tertiary/aromatic N) is 2. The van der Waals surface area contributed by atoms with E-state index in [9.17, 15) is 4.79 Å². The van der Waals surface area contributed by atoms with Crippen LogP contribution in [-0.2, 0) is 4.74 Å². The van der Waals surface area contributed by atoms with Crippen LogP contribution >= 0.6 is 0 Å². The lowest BCUT2D eigenvalue weighted by Crippen LogP contribution is -2.09. The summed E-state index contributed by atoms with van der Waals surface area (Å²) < 4.78 is 4.40. The average Bonchev–Trinajstić information content (AvgIpc) is 2.17. The van der Waals surface area contributed by atoms with Crippen molar-refractivity contribution in [1.29, 1.82) is 0 Å². The van der Waals surface area contributed by atoms with E-state index in [-0.39, 0.29) is 11.6 Å². The molecule has 1 heterocycles. The Balaban J connectivity index is 2.93. The molecule has 0 unspecified atom stereocenters. The number of hydrogen-bond acceptors (Lipinski definition) is 6. The summed E-state index contributed by atoms with van der Waals surface area (Å²) in [4.78, 5) is 22.5. The molecule has 0 radical (unpaired) electrons. The average molecular weight is 169 g/mol. The molecule has 12 heavy (non-hydrogen) atoms. The van der Waals surface area contributed by atoms with Crippen LogP contribution < -0.4 is 10.7 Å². The smallest absolute Gasteiger partial charge is 0.358 e. The van der Waals surface area contributed by atoms with Gasteiger partial charge >= 0.3 is 5.97 Å². The molecular formula is C6H7N3O3. The van der Waals surface area contributed by atoms with Crippen LogP contribution in [0.4, 0.5) is 0 Å². The molecule has 1 aromatic rings. The third kappa shape index (κ3) is 1.67. The first-order chi connectivity index (χ1) is 5.77. The Morgan fingerprint density at radius 2 is 2.33 bits per heavy atom. The Kier molecular flexibility index (Phi) is 2.54. The number of aromatic nitrogens is 2. The monoisotopic (exact) mass is 169 g/mol. The van der Waals surface area contributed by atoms with Crippen molar-refractivity contribution in [3.05, 3.63) is 18.1 Å². The molecule has 1 aromatic heterocycles. The second kappa shape index (κ2) is 3.63. The zero-order valence-electron chi connectivity index (χ0n) is 6.35. The highest BCUT2D eigenvalue weighted by molar-refractivity contribution is 5.86. The number of rotatable bonds is 2. The predicted octanol–water partition coefficient (Wildman–Crippen LogP) is -0.484. The van der Waals surface area contributed by atoms with Gasteiger partial charge in [0.2, 0.25) is 0 Å². The van der Waals surface area contributed by atoms with E-state index in [2.05, 4.69) is 19.5 Å². The molecule has 0 saturated heterocycles. The van der Waals surface area contributed by atoms with Crippen LogP contribution in [0.15, 0.2) is 12.4 Å². The van der Waals surface area contributed by atoms with Crippen LogP contribution in [0.2, 0.25) is 0 Å². The molecule has 2 N–H and O–H groups in total. The van der Waals surface area contributed by atoms with Gasteiger partial charge in [0.1, 0.15) is 0 Å². The van der Waals surface area contributed by atoms with Crippen LogP contribution in [0.1, 0.15) is 10.5 Å². The van der Waals surface area contributed by atoms with Gasteiger partial charge in [-0.1, -0.05) is 0 Å². The van der Waals surface area contributed by atoms with Crippen LogP contribution in [0, 0.1) is 0 Å². The van der Waals surface area contributed by atoms with E-state index in [4.69, 9.17) is 5.90 Å². The van der Waals surface area contributed by atoms with Crippen molar-refractivity contribution in [2.24, 2.45) is 5.90 Å².